The molecule has 0 aliphatic rings. The van der Waals surface area contributed by atoms with Crippen LogP contribution in [0.5, 0.6) is 0 Å². The lowest BCUT2D eigenvalue weighted by atomic mass is 10.0. The number of imidazole rings is 1. The van der Waals surface area contributed by atoms with Gasteiger partial charge < -0.3 is 20.0 Å². The molecule has 0 aliphatic heterocycles. The zero-order valence-electron chi connectivity index (χ0n) is 17.4. The molecule has 7 nitrogen and oxygen atoms in total. The van der Waals surface area contributed by atoms with Crippen molar-refractivity contribution in [1.29, 1.82) is 0 Å². The van der Waals surface area contributed by atoms with Crippen molar-refractivity contribution in [2.75, 3.05) is 0 Å². The predicted molar refractivity (Wildman–Crippen MR) is 118 cm³/mol. The Morgan fingerprint density at radius 3 is 2.52 bits per heavy atom. The quantitative estimate of drug-likeness (QED) is 0.422. The van der Waals surface area contributed by atoms with Crippen LogP contribution in [0.4, 0.5) is 0 Å². The van der Waals surface area contributed by atoms with Gasteiger partial charge in [0.25, 0.3) is 5.91 Å². The number of nitrogens with one attached hydrogen (secondary N) is 2. The molecule has 31 heavy (non-hydrogen) atoms. The molecular formula is C24H24N4O3. The van der Waals surface area contributed by atoms with Gasteiger partial charge in [-0.25, -0.2) is 9.78 Å². The van der Waals surface area contributed by atoms with Crippen molar-refractivity contribution in [3.8, 4) is 0 Å². The number of amides is 1. The molecule has 0 bridgehead atoms. The van der Waals surface area contributed by atoms with Gasteiger partial charge in [-0.15, -0.1) is 0 Å². The van der Waals surface area contributed by atoms with Crippen molar-refractivity contribution in [2.24, 2.45) is 0 Å². The monoisotopic (exact) mass is 416 g/mol. The molecule has 3 N–H and O–H groups in total. The molecular weight excluding hydrogens is 392 g/mol. The minimum absolute atomic E-state index is 0.209. The van der Waals surface area contributed by atoms with E-state index >= 15 is 0 Å². The fourth-order valence-electron chi connectivity index (χ4n) is 3.70. The van der Waals surface area contributed by atoms with Gasteiger partial charge in [0, 0.05) is 29.2 Å². The Balaban J connectivity index is 1.69. The second kappa shape index (κ2) is 8.47. The molecule has 0 saturated carbocycles. The highest BCUT2D eigenvalue weighted by atomic mass is 16.4. The number of aliphatic carboxylic acids is 1. The number of fused-ring (bicyclic) bond motifs is 1. The minimum Gasteiger partial charge on any atom is -0.479 e. The van der Waals surface area contributed by atoms with Crippen molar-refractivity contribution in [3.63, 3.8) is 0 Å². The van der Waals surface area contributed by atoms with Crippen LogP contribution < -0.4 is 5.32 Å². The summed E-state index contributed by atoms with van der Waals surface area (Å²) in [5.41, 5.74) is 4.04. The van der Waals surface area contributed by atoms with Crippen LogP contribution in [0.25, 0.3) is 10.9 Å². The Morgan fingerprint density at radius 1 is 1.13 bits per heavy atom. The Labute approximate surface area is 179 Å². The molecule has 0 radical (unpaired) electrons. The van der Waals surface area contributed by atoms with E-state index in [4.69, 9.17) is 0 Å². The standard InChI is InChI=1S/C24H24N4O3/c1-15(2)17-9-7-16(8-10-17)12-28-13-19(18-5-3-4-6-21(18)28)22(24(30)31)27-23(29)20-11-25-14-26-20/h3-11,13-15,22H,12H2,1-2H3,(H,25,26)(H,27,29)(H,30,31). The summed E-state index contributed by atoms with van der Waals surface area (Å²) in [7, 11) is 0. The number of aromatic amines is 1. The van der Waals surface area contributed by atoms with E-state index in [0.717, 1.165) is 16.5 Å². The SMILES string of the molecule is CC(C)c1ccc(Cn2cc(C(NC(=O)c3cnc[nH]3)C(=O)O)c3ccccc32)cc1. The van der Waals surface area contributed by atoms with E-state index in [1.807, 2.05) is 35.0 Å². The average molecular weight is 416 g/mol. The van der Waals surface area contributed by atoms with Crippen LogP contribution in [0.1, 0.15) is 53.0 Å². The molecule has 0 spiro atoms. The summed E-state index contributed by atoms with van der Waals surface area (Å²) in [6.45, 7) is 4.91. The summed E-state index contributed by atoms with van der Waals surface area (Å²) in [6.07, 6.45) is 4.55. The van der Waals surface area contributed by atoms with Crippen molar-refractivity contribution in [1.82, 2.24) is 19.9 Å². The van der Waals surface area contributed by atoms with Gasteiger partial charge in [-0.2, -0.15) is 0 Å². The van der Waals surface area contributed by atoms with Gasteiger partial charge in [-0.05, 0) is 23.1 Å². The van der Waals surface area contributed by atoms with Crippen molar-refractivity contribution in [3.05, 3.63) is 89.6 Å². The second-order valence-corrected chi connectivity index (χ2v) is 7.84. The number of para-hydroxylation sites is 1. The van der Waals surface area contributed by atoms with Crippen LogP contribution in [0, 0.1) is 0 Å². The van der Waals surface area contributed by atoms with Gasteiger partial charge >= 0.3 is 5.97 Å². The highest BCUT2D eigenvalue weighted by Gasteiger charge is 2.27. The highest BCUT2D eigenvalue weighted by Crippen LogP contribution is 2.28. The molecule has 4 rings (SSSR count). The Morgan fingerprint density at radius 2 is 1.87 bits per heavy atom. The van der Waals surface area contributed by atoms with E-state index in [1.165, 1.54) is 18.1 Å². The molecule has 2 aromatic carbocycles. The lowest BCUT2D eigenvalue weighted by molar-refractivity contribution is -0.139. The molecule has 1 atom stereocenters. The first kappa shape index (κ1) is 20.4. The molecule has 2 aromatic heterocycles. The molecule has 7 heteroatoms. The largest absolute Gasteiger partial charge is 0.479 e. The number of carbonyl (C=O) groups excluding carboxylic acids is 1. The molecule has 0 fully saturated rings. The van der Waals surface area contributed by atoms with Gasteiger partial charge in [0.1, 0.15) is 5.69 Å². The summed E-state index contributed by atoms with van der Waals surface area (Å²) in [6, 6.07) is 14.9. The van der Waals surface area contributed by atoms with E-state index in [-0.39, 0.29) is 5.69 Å². The molecule has 1 unspecified atom stereocenters. The van der Waals surface area contributed by atoms with E-state index in [1.54, 1.807) is 0 Å². The van der Waals surface area contributed by atoms with E-state index < -0.39 is 17.9 Å². The number of nitrogens with zero attached hydrogens (tertiary/aromatic N) is 2. The lowest BCUT2D eigenvalue weighted by Crippen LogP contribution is -2.33. The Hall–Kier alpha value is -3.87. The third-order valence-electron chi connectivity index (χ3n) is 5.39. The lowest BCUT2D eigenvalue weighted by Gasteiger charge is -2.13. The maximum Gasteiger partial charge on any atom is 0.331 e. The van der Waals surface area contributed by atoms with E-state index in [9.17, 15) is 14.7 Å². The number of carboxylic acids is 1. The summed E-state index contributed by atoms with van der Waals surface area (Å²) in [4.78, 5) is 31.0. The van der Waals surface area contributed by atoms with Crippen molar-refractivity contribution in [2.45, 2.75) is 32.4 Å². The molecule has 4 aromatic rings. The molecule has 0 aliphatic carbocycles. The summed E-state index contributed by atoms with van der Waals surface area (Å²) in [5.74, 6) is -1.19. The van der Waals surface area contributed by atoms with Crippen LogP contribution in [-0.2, 0) is 11.3 Å². The van der Waals surface area contributed by atoms with Gasteiger partial charge in [0.2, 0.25) is 0 Å². The first-order valence-corrected chi connectivity index (χ1v) is 10.1. The number of aromatic nitrogens is 3. The van der Waals surface area contributed by atoms with Gasteiger partial charge in [0.05, 0.1) is 12.5 Å². The Bertz CT molecular complexity index is 1210. The molecule has 1 amide bonds. The van der Waals surface area contributed by atoms with Crippen LogP contribution in [0.2, 0.25) is 0 Å². The number of carbonyl (C=O) groups is 2. The van der Waals surface area contributed by atoms with Gasteiger partial charge in [-0.3, -0.25) is 4.79 Å². The van der Waals surface area contributed by atoms with Crippen LogP contribution in [0.15, 0.2) is 67.3 Å². The maximum absolute atomic E-state index is 12.5. The molecule has 158 valence electrons. The summed E-state index contributed by atoms with van der Waals surface area (Å²) < 4.78 is 2.02. The van der Waals surface area contributed by atoms with Crippen LogP contribution in [0.3, 0.4) is 0 Å². The number of rotatable bonds is 7. The van der Waals surface area contributed by atoms with E-state index in [2.05, 4.69) is 53.4 Å². The first-order valence-electron chi connectivity index (χ1n) is 10.1. The summed E-state index contributed by atoms with van der Waals surface area (Å²) in [5, 5.41) is 13.3. The van der Waals surface area contributed by atoms with Crippen LogP contribution in [-0.4, -0.2) is 31.5 Å². The Kier molecular flexibility index (Phi) is 5.58. The topological polar surface area (TPSA) is 100 Å². The smallest absolute Gasteiger partial charge is 0.331 e. The summed E-state index contributed by atoms with van der Waals surface area (Å²) >= 11 is 0. The highest BCUT2D eigenvalue weighted by molar-refractivity contribution is 5.97. The second-order valence-electron chi connectivity index (χ2n) is 7.84. The number of carboxylic acid groups (broad SMARTS) is 1. The maximum atomic E-state index is 12.5. The predicted octanol–water partition coefficient (Wildman–Crippen LogP) is 4.09. The zero-order chi connectivity index (χ0) is 22.0. The number of H-pyrrole nitrogens is 1. The number of hydrogen-bond donors (Lipinski definition) is 3. The minimum atomic E-state index is -1.19. The fraction of sp³-hybridized carbons (Fsp3) is 0.208. The number of hydrogen-bond acceptors (Lipinski definition) is 3. The van der Waals surface area contributed by atoms with Gasteiger partial charge in [0.15, 0.2) is 6.04 Å². The molecule has 0 saturated heterocycles. The third-order valence-corrected chi connectivity index (χ3v) is 5.39. The van der Waals surface area contributed by atoms with Crippen molar-refractivity contribution >= 4 is 22.8 Å². The average Bonchev–Trinajstić information content (AvgIpc) is 3.41. The first-order chi connectivity index (χ1) is 14.9. The normalized spacial score (nSPS) is 12.2. The fourth-order valence-corrected chi connectivity index (χ4v) is 3.70. The third kappa shape index (κ3) is 4.21. The zero-order valence-corrected chi connectivity index (χ0v) is 17.4. The van der Waals surface area contributed by atoms with Crippen molar-refractivity contribution < 1.29 is 14.7 Å². The molecule has 2 heterocycles. The van der Waals surface area contributed by atoms with Crippen LogP contribution >= 0.6 is 0 Å². The van der Waals surface area contributed by atoms with E-state index in [0.29, 0.717) is 18.0 Å². The van der Waals surface area contributed by atoms with Gasteiger partial charge in [-0.1, -0.05) is 56.3 Å². The number of benzene rings is 2.